The summed E-state index contributed by atoms with van der Waals surface area (Å²) >= 11 is 8.66. The van der Waals surface area contributed by atoms with Gasteiger partial charge in [-0.05, 0) is 35.3 Å². The summed E-state index contributed by atoms with van der Waals surface area (Å²) < 4.78 is 1.57. The molecule has 5 heteroatoms. The van der Waals surface area contributed by atoms with Crippen LogP contribution in [0.4, 0.5) is 0 Å². The highest BCUT2D eigenvalue weighted by molar-refractivity contribution is 9.10. The van der Waals surface area contributed by atoms with Crippen molar-refractivity contribution in [2.24, 2.45) is 0 Å². The van der Waals surface area contributed by atoms with E-state index < -0.39 is 0 Å². The van der Waals surface area contributed by atoms with Crippen molar-refractivity contribution in [1.82, 2.24) is 15.0 Å². The van der Waals surface area contributed by atoms with Gasteiger partial charge in [-0.2, -0.15) is 0 Å². The van der Waals surface area contributed by atoms with Crippen LogP contribution < -0.4 is 0 Å². The van der Waals surface area contributed by atoms with Gasteiger partial charge in [0.05, 0.1) is 0 Å². The Morgan fingerprint density at radius 2 is 2.18 bits per heavy atom. The number of aromatic nitrogens is 3. The molecule has 0 aliphatic heterocycles. The van der Waals surface area contributed by atoms with Crippen LogP contribution in [-0.4, -0.2) is 15.0 Å². The maximum Gasteiger partial charge on any atom is 0.140 e. The Morgan fingerprint density at radius 1 is 1.41 bits per heavy atom. The molecule has 0 bridgehead atoms. The van der Waals surface area contributed by atoms with Gasteiger partial charge in [0, 0.05) is 33.7 Å². The molecule has 2 rings (SSSR count). The lowest BCUT2D eigenvalue weighted by atomic mass is 10.2. The smallest absolute Gasteiger partial charge is 0.140 e. The number of rotatable bonds is 2. The van der Waals surface area contributed by atoms with Crippen LogP contribution in [0, 0.1) is 11.6 Å². The molecule has 3 nitrogen and oxygen atoms in total. The number of pyridine rings is 1. The molecule has 0 spiro atoms. The van der Waals surface area contributed by atoms with Crippen molar-refractivity contribution in [2.45, 2.75) is 20.3 Å². The average Bonchev–Trinajstić information content (AvgIpc) is 2.32. The topological polar surface area (TPSA) is 41.6 Å². The van der Waals surface area contributed by atoms with Crippen molar-refractivity contribution in [3.05, 3.63) is 38.8 Å². The molecule has 0 saturated carbocycles. The lowest BCUT2D eigenvalue weighted by Gasteiger charge is -2.07. The molecule has 1 N–H and O–H groups in total. The van der Waals surface area contributed by atoms with E-state index in [1.54, 1.807) is 12.4 Å². The largest absolute Gasteiger partial charge is 0.343 e. The molecule has 88 valence electrons. The summed E-state index contributed by atoms with van der Waals surface area (Å²) in [6.45, 7) is 4.09. The van der Waals surface area contributed by atoms with Crippen LogP contribution in [0.2, 0.25) is 0 Å². The van der Waals surface area contributed by atoms with Crippen molar-refractivity contribution in [1.29, 1.82) is 0 Å². The Labute approximate surface area is 113 Å². The summed E-state index contributed by atoms with van der Waals surface area (Å²) in [5, 5.41) is 0. The second-order valence-electron chi connectivity index (χ2n) is 3.74. The lowest BCUT2D eigenvalue weighted by molar-refractivity contribution is 0.967. The van der Waals surface area contributed by atoms with E-state index in [4.69, 9.17) is 12.2 Å². The van der Waals surface area contributed by atoms with Crippen LogP contribution in [0.3, 0.4) is 0 Å². The SMILES string of the molecule is CCc1[nH]c(-c2cncc(Br)c2)nc(=S)c1C. The number of nitrogens with one attached hydrogen (secondary N) is 1. The molecule has 0 unspecified atom stereocenters. The van der Waals surface area contributed by atoms with E-state index in [1.807, 2.05) is 13.0 Å². The first-order valence-corrected chi connectivity index (χ1v) is 6.52. The summed E-state index contributed by atoms with van der Waals surface area (Å²) in [5.74, 6) is 0.770. The van der Waals surface area contributed by atoms with E-state index in [-0.39, 0.29) is 0 Å². The molecule has 0 fully saturated rings. The average molecular weight is 310 g/mol. The van der Waals surface area contributed by atoms with Crippen LogP contribution in [0.25, 0.3) is 11.4 Å². The number of hydrogen-bond donors (Lipinski definition) is 1. The van der Waals surface area contributed by atoms with Gasteiger partial charge in [-0.3, -0.25) is 4.98 Å². The molecular formula is C12H12BrN3S. The maximum atomic E-state index is 5.26. The van der Waals surface area contributed by atoms with Crippen molar-refractivity contribution in [2.75, 3.05) is 0 Å². The number of aromatic amines is 1. The van der Waals surface area contributed by atoms with E-state index in [9.17, 15) is 0 Å². The van der Waals surface area contributed by atoms with Gasteiger partial charge in [0.15, 0.2) is 0 Å². The number of nitrogens with zero attached hydrogens (tertiary/aromatic N) is 2. The number of hydrogen-bond acceptors (Lipinski definition) is 3. The molecule has 0 radical (unpaired) electrons. The predicted octanol–water partition coefficient (Wildman–Crippen LogP) is 3.83. The first kappa shape index (κ1) is 12.4. The number of halogens is 1. The standard InChI is InChI=1S/C12H12BrN3S/c1-3-10-7(2)12(17)16-11(15-10)8-4-9(13)6-14-5-8/h4-6H,3H2,1-2H3,(H,15,16,17). The Morgan fingerprint density at radius 3 is 2.82 bits per heavy atom. The van der Waals surface area contributed by atoms with Crippen LogP contribution in [0.15, 0.2) is 22.9 Å². The van der Waals surface area contributed by atoms with Gasteiger partial charge in [-0.25, -0.2) is 4.98 Å². The van der Waals surface area contributed by atoms with Gasteiger partial charge in [-0.15, -0.1) is 0 Å². The van der Waals surface area contributed by atoms with E-state index >= 15 is 0 Å². The summed E-state index contributed by atoms with van der Waals surface area (Å²) in [6.07, 6.45) is 4.42. The van der Waals surface area contributed by atoms with E-state index in [0.29, 0.717) is 4.64 Å². The lowest BCUT2D eigenvalue weighted by Crippen LogP contribution is -1.99. The quantitative estimate of drug-likeness (QED) is 0.857. The number of aryl methyl sites for hydroxylation is 1. The minimum Gasteiger partial charge on any atom is -0.343 e. The normalized spacial score (nSPS) is 10.5. The molecule has 0 atom stereocenters. The van der Waals surface area contributed by atoms with Crippen LogP contribution in [0.5, 0.6) is 0 Å². The predicted molar refractivity (Wildman–Crippen MR) is 74.5 cm³/mol. The zero-order chi connectivity index (χ0) is 12.4. The van der Waals surface area contributed by atoms with Gasteiger partial charge >= 0.3 is 0 Å². The summed E-state index contributed by atoms with van der Waals surface area (Å²) in [4.78, 5) is 11.8. The van der Waals surface area contributed by atoms with Gasteiger partial charge in [-0.1, -0.05) is 19.1 Å². The summed E-state index contributed by atoms with van der Waals surface area (Å²) in [6, 6.07) is 1.97. The Bertz CT molecular complexity index is 607. The zero-order valence-electron chi connectivity index (χ0n) is 9.62. The Kier molecular flexibility index (Phi) is 3.69. The Balaban J connectivity index is 2.61. The van der Waals surface area contributed by atoms with Gasteiger partial charge in [0.2, 0.25) is 0 Å². The van der Waals surface area contributed by atoms with E-state index in [1.165, 1.54) is 0 Å². The minimum atomic E-state index is 0.649. The number of H-pyrrole nitrogens is 1. The second-order valence-corrected chi connectivity index (χ2v) is 5.04. The molecule has 0 amide bonds. The fourth-order valence-electron chi connectivity index (χ4n) is 1.61. The summed E-state index contributed by atoms with van der Waals surface area (Å²) in [5.41, 5.74) is 3.11. The zero-order valence-corrected chi connectivity index (χ0v) is 12.0. The molecule has 0 aliphatic carbocycles. The maximum absolute atomic E-state index is 5.26. The fourth-order valence-corrected chi connectivity index (χ4v) is 2.19. The second kappa shape index (κ2) is 5.06. The van der Waals surface area contributed by atoms with Crippen molar-refractivity contribution < 1.29 is 0 Å². The van der Waals surface area contributed by atoms with Crippen molar-refractivity contribution in [3.8, 4) is 11.4 Å². The first-order valence-electron chi connectivity index (χ1n) is 5.32. The van der Waals surface area contributed by atoms with E-state index in [0.717, 1.165) is 33.5 Å². The molecule has 0 saturated heterocycles. The minimum absolute atomic E-state index is 0.649. The monoisotopic (exact) mass is 309 g/mol. The molecular weight excluding hydrogens is 298 g/mol. The van der Waals surface area contributed by atoms with Crippen molar-refractivity contribution >= 4 is 28.1 Å². The Hall–Kier alpha value is -1.07. The molecule has 2 aromatic rings. The van der Waals surface area contributed by atoms with E-state index in [2.05, 4.69) is 37.8 Å². The highest BCUT2D eigenvalue weighted by atomic mass is 79.9. The highest BCUT2D eigenvalue weighted by Crippen LogP contribution is 2.20. The fraction of sp³-hybridized carbons (Fsp3) is 0.250. The molecule has 0 aromatic carbocycles. The molecule has 0 aliphatic rings. The highest BCUT2D eigenvalue weighted by Gasteiger charge is 2.06. The third kappa shape index (κ3) is 2.61. The van der Waals surface area contributed by atoms with Crippen LogP contribution in [-0.2, 0) is 6.42 Å². The van der Waals surface area contributed by atoms with Gasteiger partial charge in [0.25, 0.3) is 0 Å². The molecule has 17 heavy (non-hydrogen) atoms. The van der Waals surface area contributed by atoms with Crippen LogP contribution >= 0.6 is 28.1 Å². The van der Waals surface area contributed by atoms with Gasteiger partial charge in [0.1, 0.15) is 10.5 Å². The van der Waals surface area contributed by atoms with Crippen molar-refractivity contribution in [3.63, 3.8) is 0 Å². The van der Waals surface area contributed by atoms with Crippen LogP contribution in [0.1, 0.15) is 18.2 Å². The molecule has 2 aromatic heterocycles. The molecule has 2 heterocycles. The summed E-state index contributed by atoms with van der Waals surface area (Å²) in [7, 11) is 0. The first-order chi connectivity index (χ1) is 8.11. The third-order valence-electron chi connectivity index (χ3n) is 2.59. The van der Waals surface area contributed by atoms with Gasteiger partial charge < -0.3 is 4.98 Å². The third-order valence-corrected chi connectivity index (χ3v) is 3.42.